The Morgan fingerprint density at radius 3 is 3.10 bits per heavy atom. The van der Waals surface area contributed by atoms with Crippen LogP contribution >= 0.6 is 15.9 Å². The van der Waals surface area contributed by atoms with Crippen molar-refractivity contribution in [3.63, 3.8) is 0 Å². The number of aromatic nitrogens is 1. The smallest absolute Gasteiger partial charge is 0.307 e. The number of aromatic amines is 1. The predicted octanol–water partition coefficient (Wildman–Crippen LogP) is 3.29. The third kappa shape index (κ3) is 2.50. The van der Waals surface area contributed by atoms with E-state index in [0.29, 0.717) is 0 Å². The van der Waals surface area contributed by atoms with E-state index < -0.39 is 0 Å². The molecule has 0 aliphatic rings. The number of nitrogens with zero attached hydrogens (tertiary/aromatic N) is 1. The lowest BCUT2D eigenvalue weighted by Crippen LogP contribution is -2.16. The van der Waals surface area contributed by atoms with E-state index in [2.05, 4.69) is 31.4 Å². The first-order valence-electron chi connectivity index (χ1n) is 5.87. The van der Waals surface area contributed by atoms with Crippen LogP contribution in [-0.2, 0) is 0 Å². The Balaban J connectivity index is 1.78. The molecule has 0 saturated carbocycles. The molecule has 1 aromatic carbocycles. The Labute approximate surface area is 122 Å². The van der Waals surface area contributed by atoms with Gasteiger partial charge >= 0.3 is 5.91 Å². The van der Waals surface area contributed by atoms with Crippen molar-refractivity contribution in [2.45, 2.75) is 0 Å². The highest BCUT2D eigenvalue weighted by atomic mass is 79.9. The van der Waals surface area contributed by atoms with Crippen LogP contribution in [0.4, 0.5) is 0 Å². The summed E-state index contributed by atoms with van der Waals surface area (Å²) in [4.78, 5) is 14.8. The zero-order valence-electron chi connectivity index (χ0n) is 10.3. The summed E-state index contributed by atoms with van der Waals surface area (Å²) in [7, 11) is 0. The molecule has 100 valence electrons. The molecule has 0 aliphatic carbocycles. The summed E-state index contributed by atoms with van der Waals surface area (Å²) in [6.07, 6.45) is 4.86. The number of carbonyl (C=O) groups excluding carboxylic acids is 1. The van der Waals surface area contributed by atoms with Gasteiger partial charge in [-0.25, -0.2) is 5.43 Å². The van der Waals surface area contributed by atoms with E-state index in [4.69, 9.17) is 4.42 Å². The largest absolute Gasteiger partial charge is 0.459 e. The molecule has 5 nitrogen and oxygen atoms in total. The Kier molecular flexibility index (Phi) is 3.39. The van der Waals surface area contributed by atoms with E-state index in [9.17, 15) is 4.79 Å². The Bertz CT molecular complexity index is 775. The summed E-state index contributed by atoms with van der Waals surface area (Å²) in [5.41, 5.74) is 4.31. The van der Waals surface area contributed by atoms with E-state index in [1.165, 1.54) is 6.26 Å². The third-order valence-electron chi connectivity index (χ3n) is 2.79. The van der Waals surface area contributed by atoms with Crippen LogP contribution in [0, 0.1) is 0 Å². The van der Waals surface area contributed by atoms with E-state index in [-0.39, 0.29) is 11.7 Å². The van der Waals surface area contributed by atoms with Crippen molar-refractivity contribution in [2.75, 3.05) is 0 Å². The van der Waals surface area contributed by atoms with Gasteiger partial charge in [0, 0.05) is 27.1 Å². The van der Waals surface area contributed by atoms with Crippen molar-refractivity contribution in [2.24, 2.45) is 5.10 Å². The monoisotopic (exact) mass is 331 g/mol. The number of halogens is 1. The molecule has 3 rings (SSSR count). The minimum Gasteiger partial charge on any atom is -0.459 e. The van der Waals surface area contributed by atoms with E-state index in [1.54, 1.807) is 18.3 Å². The highest BCUT2D eigenvalue weighted by Crippen LogP contribution is 2.21. The fourth-order valence-corrected chi connectivity index (χ4v) is 2.21. The SMILES string of the molecule is O=C(N/N=C/c1c[nH]c2ccc(Br)cc12)c1ccco1. The number of hydrazone groups is 1. The molecule has 0 bridgehead atoms. The molecule has 3 aromatic rings. The van der Waals surface area contributed by atoms with Gasteiger partial charge in [-0.1, -0.05) is 15.9 Å². The summed E-state index contributed by atoms with van der Waals surface area (Å²) in [5.74, 6) is -0.156. The fraction of sp³-hybridized carbons (Fsp3) is 0. The number of carbonyl (C=O) groups is 1. The number of fused-ring (bicyclic) bond motifs is 1. The Morgan fingerprint density at radius 2 is 2.30 bits per heavy atom. The Morgan fingerprint density at radius 1 is 1.40 bits per heavy atom. The maximum Gasteiger partial charge on any atom is 0.307 e. The molecule has 0 atom stereocenters. The van der Waals surface area contributed by atoms with Crippen molar-refractivity contribution in [1.82, 2.24) is 10.4 Å². The van der Waals surface area contributed by atoms with E-state index in [1.807, 2.05) is 24.4 Å². The van der Waals surface area contributed by atoms with Crippen molar-refractivity contribution in [3.05, 3.63) is 58.6 Å². The molecule has 0 radical (unpaired) electrons. The summed E-state index contributed by atoms with van der Waals surface area (Å²) in [5, 5.41) is 4.95. The first kappa shape index (κ1) is 12.7. The molecule has 0 fully saturated rings. The van der Waals surface area contributed by atoms with Crippen LogP contribution in [0.3, 0.4) is 0 Å². The zero-order valence-corrected chi connectivity index (χ0v) is 11.8. The van der Waals surface area contributed by atoms with Crippen LogP contribution in [0.25, 0.3) is 10.9 Å². The first-order valence-corrected chi connectivity index (χ1v) is 6.67. The molecular formula is C14H10BrN3O2. The van der Waals surface area contributed by atoms with Gasteiger partial charge in [0.15, 0.2) is 5.76 Å². The highest BCUT2D eigenvalue weighted by molar-refractivity contribution is 9.10. The van der Waals surface area contributed by atoms with E-state index >= 15 is 0 Å². The van der Waals surface area contributed by atoms with Crippen LogP contribution in [0.1, 0.15) is 16.1 Å². The standard InChI is InChI=1S/C14H10BrN3O2/c15-10-3-4-12-11(6-10)9(7-16-12)8-17-18-14(19)13-2-1-5-20-13/h1-8,16H,(H,18,19)/b17-8+. The summed E-state index contributed by atoms with van der Waals surface area (Å²) in [6.45, 7) is 0. The van der Waals surface area contributed by atoms with Crippen LogP contribution in [-0.4, -0.2) is 17.1 Å². The van der Waals surface area contributed by atoms with Crippen LogP contribution in [0.5, 0.6) is 0 Å². The molecule has 6 heteroatoms. The lowest BCUT2D eigenvalue weighted by atomic mass is 10.2. The fourth-order valence-electron chi connectivity index (χ4n) is 1.84. The lowest BCUT2D eigenvalue weighted by Gasteiger charge is -1.95. The highest BCUT2D eigenvalue weighted by Gasteiger charge is 2.06. The zero-order chi connectivity index (χ0) is 13.9. The van der Waals surface area contributed by atoms with Crippen molar-refractivity contribution in [1.29, 1.82) is 0 Å². The minimum absolute atomic E-state index is 0.226. The van der Waals surface area contributed by atoms with Crippen LogP contribution in [0.2, 0.25) is 0 Å². The number of furan rings is 1. The molecule has 0 spiro atoms. The van der Waals surface area contributed by atoms with Gasteiger partial charge in [0.25, 0.3) is 0 Å². The van der Waals surface area contributed by atoms with Crippen molar-refractivity contribution in [3.8, 4) is 0 Å². The van der Waals surface area contributed by atoms with Gasteiger partial charge in [-0.05, 0) is 30.3 Å². The van der Waals surface area contributed by atoms with Gasteiger partial charge in [-0.15, -0.1) is 0 Å². The first-order chi connectivity index (χ1) is 9.74. The number of nitrogens with one attached hydrogen (secondary N) is 2. The van der Waals surface area contributed by atoms with E-state index in [0.717, 1.165) is 20.9 Å². The number of amides is 1. The predicted molar refractivity (Wildman–Crippen MR) is 79.8 cm³/mol. The number of benzene rings is 1. The van der Waals surface area contributed by atoms with Gasteiger partial charge < -0.3 is 9.40 Å². The number of hydrogen-bond donors (Lipinski definition) is 2. The molecule has 20 heavy (non-hydrogen) atoms. The van der Waals surface area contributed by atoms with Gasteiger partial charge in [-0.3, -0.25) is 4.79 Å². The molecule has 0 aliphatic heterocycles. The number of H-pyrrole nitrogens is 1. The topological polar surface area (TPSA) is 70.4 Å². The molecule has 0 saturated heterocycles. The molecule has 2 aromatic heterocycles. The second kappa shape index (κ2) is 5.34. The van der Waals surface area contributed by atoms with Crippen LogP contribution < -0.4 is 5.43 Å². The maximum atomic E-state index is 11.6. The van der Waals surface area contributed by atoms with Crippen LogP contribution in [0.15, 0.2) is 56.8 Å². The summed E-state index contributed by atoms with van der Waals surface area (Å²) in [6, 6.07) is 9.14. The normalized spacial score (nSPS) is 11.2. The van der Waals surface area contributed by atoms with Crippen molar-refractivity contribution >= 4 is 39.0 Å². The van der Waals surface area contributed by atoms with Gasteiger partial charge in [0.2, 0.25) is 0 Å². The van der Waals surface area contributed by atoms with Crippen molar-refractivity contribution < 1.29 is 9.21 Å². The quantitative estimate of drug-likeness (QED) is 0.571. The molecule has 0 unspecified atom stereocenters. The lowest BCUT2D eigenvalue weighted by molar-refractivity contribution is 0.0927. The second-order valence-corrected chi connectivity index (χ2v) is 5.03. The Hall–Kier alpha value is -2.34. The van der Waals surface area contributed by atoms with Gasteiger partial charge in [0.1, 0.15) is 0 Å². The maximum absolute atomic E-state index is 11.6. The second-order valence-electron chi connectivity index (χ2n) is 4.11. The number of hydrogen-bond acceptors (Lipinski definition) is 3. The molecule has 2 N–H and O–H groups in total. The molecule has 2 heterocycles. The van der Waals surface area contributed by atoms with Gasteiger partial charge in [-0.2, -0.15) is 5.10 Å². The molecular weight excluding hydrogens is 322 g/mol. The minimum atomic E-state index is -0.382. The average Bonchev–Trinajstić information content (AvgIpc) is 3.08. The number of rotatable bonds is 3. The summed E-state index contributed by atoms with van der Waals surface area (Å²) >= 11 is 3.43. The van der Waals surface area contributed by atoms with Gasteiger partial charge in [0.05, 0.1) is 12.5 Å². The third-order valence-corrected chi connectivity index (χ3v) is 3.28. The molecule has 1 amide bonds. The summed E-state index contributed by atoms with van der Waals surface area (Å²) < 4.78 is 5.96. The average molecular weight is 332 g/mol.